The topological polar surface area (TPSA) is 37.0 Å². The minimum absolute atomic E-state index is 0.883. The molecule has 2 N–H and O–H groups in total. The summed E-state index contributed by atoms with van der Waals surface area (Å²) in [7, 11) is 1.87. The van der Waals surface area contributed by atoms with Crippen molar-refractivity contribution in [1.82, 2.24) is 4.98 Å². The van der Waals surface area contributed by atoms with Gasteiger partial charge in [0, 0.05) is 36.4 Å². The molecule has 0 aliphatic heterocycles. The lowest BCUT2D eigenvalue weighted by atomic mass is 10.3. The normalized spacial score (nSPS) is 10.2. The first kappa shape index (κ1) is 12.4. The van der Waals surface area contributed by atoms with Crippen LogP contribution in [0.25, 0.3) is 0 Å². The lowest BCUT2D eigenvalue weighted by molar-refractivity contribution is 1.04. The monoisotopic (exact) mass is 311 g/mol. The van der Waals surface area contributed by atoms with E-state index in [4.69, 9.17) is 0 Å². The molecule has 2 heterocycles. The number of thiophene rings is 1. The smallest absolute Gasteiger partial charge is 0.127 e. The third-order valence-corrected chi connectivity index (χ3v) is 4.03. The first-order valence-corrected chi connectivity index (χ1v) is 7.01. The molecule has 2 aromatic heterocycles. The number of aromatic nitrogens is 1. The fourth-order valence-corrected chi connectivity index (χ4v) is 2.98. The van der Waals surface area contributed by atoms with Crippen LogP contribution in [0.4, 0.5) is 11.5 Å². The van der Waals surface area contributed by atoms with Crippen LogP contribution in [0.2, 0.25) is 0 Å². The Balaban J connectivity index is 1.85. The molecule has 0 atom stereocenters. The molecule has 0 aliphatic carbocycles. The maximum absolute atomic E-state index is 4.17. The molecular weight excluding hydrogens is 298 g/mol. The van der Waals surface area contributed by atoms with Gasteiger partial charge in [-0.05, 0) is 40.5 Å². The molecule has 2 rings (SSSR count). The van der Waals surface area contributed by atoms with Crippen molar-refractivity contribution in [3.63, 3.8) is 0 Å². The van der Waals surface area contributed by atoms with Crippen molar-refractivity contribution in [2.24, 2.45) is 0 Å². The summed E-state index contributed by atoms with van der Waals surface area (Å²) in [4.78, 5) is 5.55. The van der Waals surface area contributed by atoms with Crippen LogP contribution in [-0.2, 0) is 6.42 Å². The highest BCUT2D eigenvalue weighted by Gasteiger charge is 1.98. The van der Waals surface area contributed by atoms with Gasteiger partial charge in [-0.1, -0.05) is 0 Å². The molecule has 0 aromatic carbocycles. The summed E-state index contributed by atoms with van der Waals surface area (Å²) in [6, 6.07) is 8.23. The lowest BCUT2D eigenvalue weighted by Crippen LogP contribution is -2.04. The van der Waals surface area contributed by atoms with E-state index in [-0.39, 0.29) is 0 Å². The Hall–Kier alpha value is -1.07. The molecule has 0 amide bonds. The van der Waals surface area contributed by atoms with Gasteiger partial charge in [-0.25, -0.2) is 4.98 Å². The zero-order chi connectivity index (χ0) is 12.1. The largest absolute Gasteiger partial charge is 0.385 e. The number of nitrogens with one attached hydrogen (secondary N) is 2. The van der Waals surface area contributed by atoms with E-state index in [0.717, 1.165) is 24.5 Å². The van der Waals surface area contributed by atoms with Crippen LogP contribution >= 0.6 is 27.3 Å². The fourth-order valence-electron chi connectivity index (χ4n) is 1.49. The molecule has 0 spiro atoms. The fraction of sp³-hybridized carbons (Fsp3) is 0.250. The van der Waals surface area contributed by atoms with E-state index in [1.165, 1.54) is 8.66 Å². The maximum Gasteiger partial charge on any atom is 0.127 e. The van der Waals surface area contributed by atoms with Gasteiger partial charge in [0.1, 0.15) is 5.82 Å². The van der Waals surface area contributed by atoms with E-state index < -0.39 is 0 Å². The summed E-state index contributed by atoms with van der Waals surface area (Å²) in [5, 5.41) is 6.41. The molecule has 3 nitrogen and oxygen atoms in total. The molecule has 5 heteroatoms. The van der Waals surface area contributed by atoms with Gasteiger partial charge in [0.25, 0.3) is 0 Å². The molecule has 0 fully saturated rings. The van der Waals surface area contributed by atoms with Gasteiger partial charge >= 0.3 is 0 Å². The van der Waals surface area contributed by atoms with Gasteiger partial charge in [-0.3, -0.25) is 0 Å². The van der Waals surface area contributed by atoms with Crippen molar-refractivity contribution in [1.29, 1.82) is 0 Å². The first-order chi connectivity index (χ1) is 8.28. The Kier molecular flexibility index (Phi) is 4.39. The van der Waals surface area contributed by atoms with Crippen LogP contribution in [0, 0.1) is 0 Å². The quantitative estimate of drug-likeness (QED) is 0.886. The minimum atomic E-state index is 0.883. The Labute approximate surface area is 113 Å². The number of hydrogen-bond acceptors (Lipinski definition) is 4. The molecule has 0 bridgehead atoms. The average Bonchev–Trinajstić information content (AvgIpc) is 2.75. The predicted molar refractivity (Wildman–Crippen MR) is 78.0 cm³/mol. The molecule has 2 aromatic rings. The van der Waals surface area contributed by atoms with Gasteiger partial charge in [0.15, 0.2) is 0 Å². The standard InChI is InChI=1S/C12H14BrN3S/c1-14-12-8-9(4-6-16-12)15-7-5-10-2-3-11(13)17-10/h2-4,6,8H,5,7H2,1H3,(H2,14,15,16). The summed E-state index contributed by atoms with van der Waals surface area (Å²) in [5.41, 5.74) is 1.10. The molecule has 0 saturated heterocycles. The van der Waals surface area contributed by atoms with Crippen LogP contribution < -0.4 is 10.6 Å². The summed E-state index contributed by atoms with van der Waals surface area (Å²) < 4.78 is 1.19. The van der Waals surface area contributed by atoms with E-state index in [9.17, 15) is 0 Å². The summed E-state index contributed by atoms with van der Waals surface area (Å²) in [5.74, 6) is 0.883. The average molecular weight is 312 g/mol. The Morgan fingerprint density at radius 2 is 2.24 bits per heavy atom. The van der Waals surface area contributed by atoms with Gasteiger partial charge in [-0.15, -0.1) is 11.3 Å². The second-order valence-electron chi connectivity index (χ2n) is 3.56. The number of pyridine rings is 1. The van der Waals surface area contributed by atoms with Crippen molar-refractivity contribution in [2.75, 3.05) is 24.2 Å². The number of nitrogens with zero attached hydrogens (tertiary/aromatic N) is 1. The van der Waals surface area contributed by atoms with Crippen LogP contribution in [-0.4, -0.2) is 18.6 Å². The SMILES string of the molecule is CNc1cc(NCCc2ccc(Br)s2)ccn1. The van der Waals surface area contributed by atoms with E-state index in [0.29, 0.717) is 0 Å². The maximum atomic E-state index is 4.17. The zero-order valence-electron chi connectivity index (χ0n) is 9.53. The highest BCUT2D eigenvalue weighted by molar-refractivity contribution is 9.11. The summed E-state index contributed by atoms with van der Waals surface area (Å²) >= 11 is 5.25. The third kappa shape index (κ3) is 3.71. The van der Waals surface area contributed by atoms with Crippen molar-refractivity contribution < 1.29 is 0 Å². The van der Waals surface area contributed by atoms with E-state index in [2.05, 4.69) is 43.7 Å². The molecule has 0 radical (unpaired) electrons. The molecule has 17 heavy (non-hydrogen) atoms. The van der Waals surface area contributed by atoms with Crippen molar-refractivity contribution in [3.05, 3.63) is 39.1 Å². The van der Waals surface area contributed by atoms with E-state index >= 15 is 0 Å². The van der Waals surface area contributed by atoms with Crippen LogP contribution in [0.1, 0.15) is 4.88 Å². The van der Waals surface area contributed by atoms with Crippen molar-refractivity contribution >= 4 is 38.8 Å². The Morgan fingerprint density at radius 3 is 2.94 bits per heavy atom. The number of anilines is 2. The molecule has 90 valence electrons. The summed E-state index contributed by atoms with van der Waals surface area (Å²) in [6.45, 7) is 0.931. The second-order valence-corrected chi connectivity index (χ2v) is 6.11. The minimum Gasteiger partial charge on any atom is -0.385 e. The van der Waals surface area contributed by atoms with Crippen LogP contribution in [0.3, 0.4) is 0 Å². The number of rotatable bonds is 5. The first-order valence-electron chi connectivity index (χ1n) is 5.40. The van der Waals surface area contributed by atoms with Crippen molar-refractivity contribution in [2.45, 2.75) is 6.42 Å². The lowest BCUT2D eigenvalue weighted by Gasteiger charge is -2.06. The molecule has 0 saturated carbocycles. The Bertz CT molecular complexity index is 484. The Morgan fingerprint density at radius 1 is 1.35 bits per heavy atom. The van der Waals surface area contributed by atoms with Gasteiger partial charge in [0.05, 0.1) is 3.79 Å². The van der Waals surface area contributed by atoms with Gasteiger partial charge in [0.2, 0.25) is 0 Å². The molecule has 0 unspecified atom stereocenters. The summed E-state index contributed by atoms with van der Waals surface area (Å²) in [6.07, 6.45) is 2.84. The predicted octanol–water partition coefficient (Wildman–Crippen LogP) is 3.60. The van der Waals surface area contributed by atoms with Crippen LogP contribution in [0.15, 0.2) is 34.2 Å². The number of hydrogen-bond donors (Lipinski definition) is 2. The van der Waals surface area contributed by atoms with E-state index in [1.807, 2.05) is 19.2 Å². The number of halogens is 1. The second kappa shape index (κ2) is 6.02. The molecule has 0 aliphatic rings. The third-order valence-electron chi connectivity index (χ3n) is 2.35. The van der Waals surface area contributed by atoms with E-state index in [1.54, 1.807) is 17.5 Å². The van der Waals surface area contributed by atoms with Gasteiger partial charge < -0.3 is 10.6 Å². The van der Waals surface area contributed by atoms with Gasteiger partial charge in [-0.2, -0.15) is 0 Å². The van der Waals surface area contributed by atoms with Crippen LogP contribution in [0.5, 0.6) is 0 Å². The van der Waals surface area contributed by atoms with Crippen molar-refractivity contribution in [3.8, 4) is 0 Å². The highest BCUT2D eigenvalue weighted by atomic mass is 79.9. The molecular formula is C12H14BrN3S. The zero-order valence-corrected chi connectivity index (χ0v) is 11.9. The highest BCUT2D eigenvalue weighted by Crippen LogP contribution is 2.22.